The predicted molar refractivity (Wildman–Crippen MR) is 77.0 cm³/mol. The van der Waals surface area contributed by atoms with E-state index in [1.807, 2.05) is 0 Å². The highest BCUT2D eigenvalue weighted by Crippen LogP contribution is 2.30. The molecule has 4 heteroatoms. The summed E-state index contributed by atoms with van der Waals surface area (Å²) in [5, 5.41) is 3.40. The molecule has 0 aromatic heterocycles. The Hall–Kier alpha value is 0.230. The molecule has 1 aliphatic rings. The van der Waals surface area contributed by atoms with Gasteiger partial charge >= 0.3 is 0 Å². The third-order valence-corrected chi connectivity index (χ3v) is 4.61. The largest absolute Gasteiger partial charge is 0.383 e. The number of hydrogen-bond acceptors (Lipinski definition) is 4. The number of nitrogens with zero attached hydrogens (tertiary/aromatic N) is 1. The molecule has 1 N–H and O–H groups in total. The Morgan fingerprint density at radius 1 is 1.29 bits per heavy atom. The van der Waals surface area contributed by atoms with Gasteiger partial charge in [-0.1, -0.05) is 13.8 Å². The number of rotatable bonds is 7. The van der Waals surface area contributed by atoms with Crippen LogP contribution in [0.25, 0.3) is 0 Å². The maximum absolute atomic E-state index is 5.00. The van der Waals surface area contributed by atoms with E-state index in [0.717, 1.165) is 19.7 Å². The van der Waals surface area contributed by atoms with E-state index in [1.165, 1.54) is 38.2 Å². The lowest BCUT2D eigenvalue weighted by atomic mass is 10.1. The van der Waals surface area contributed by atoms with Crippen molar-refractivity contribution in [2.24, 2.45) is 0 Å². The molecule has 102 valence electrons. The SMILES string of the molecule is COCCNCCCN1CCSC(C)(C)CC1. The first-order valence-corrected chi connectivity index (χ1v) is 7.68. The van der Waals surface area contributed by atoms with Gasteiger partial charge in [0.25, 0.3) is 0 Å². The van der Waals surface area contributed by atoms with Crippen LogP contribution in [0, 0.1) is 0 Å². The second kappa shape index (κ2) is 8.35. The number of hydrogen-bond donors (Lipinski definition) is 1. The van der Waals surface area contributed by atoms with Crippen LogP contribution in [0.5, 0.6) is 0 Å². The summed E-state index contributed by atoms with van der Waals surface area (Å²) >= 11 is 2.12. The number of thioether (sulfide) groups is 1. The molecule has 3 nitrogen and oxygen atoms in total. The van der Waals surface area contributed by atoms with Gasteiger partial charge in [0.15, 0.2) is 0 Å². The quantitative estimate of drug-likeness (QED) is 0.706. The van der Waals surface area contributed by atoms with Crippen molar-refractivity contribution in [2.45, 2.75) is 31.4 Å². The zero-order valence-electron chi connectivity index (χ0n) is 11.6. The summed E-state index contributed by atoms with van der Waals surface area (Å²) in [4.78, 5) is 2.61. The predicted octanol–water partition coefficient (Wildman–Crippen LogP) is 1.83. The number of nitrogens with one attached hydrogen (secondary N) is 1. The third-order valence-electron chi connectivity index (χ3n) is 3.24. The molecule has 1 rings (SSSR count). The lowest BCUT2D eigenvalue weighted by Crippen LogP contribution is -2.30. The summed E-state index contributed by atoms with van der Waals surface area (Å²) in [6.07, 6.45) is 2.56. The minimum Gasteiger partial charge on any atom is -0.383 e. The van der Waals surface area contributed by atoms with Crippen molar-refractivity contribution < 1.29 is 4.74 Å². The van der Waals surface area contributed by atoms with Gasteiger partial charge in [-0.3, -0.25) is 0 Å². The average Bonchev–Trinajstić information content (AvgIpc) is 2.45. The van der Waals surface area contributed by atoms with Crippen LogP contribution in [0.4, 0.5) is 0 Å². The highest BCUT2D eigenvalue weighted by molar-refractivity contribution is 8.00. The van der Waals surface area contributed by atoms with Crippen molar-refractivity contribution in [3.8, 4) is 0 Å². The fourth-order valence-electron chi connectivity index (χ4n) is 2.01. The van der Waals surface area contributed by atoms with Crippen molar-refractivity contribution >= 4 is 11.8 Å². The van der Waals surface area contributed by atoms with Gasteiger partial charge in [-0.05, 0) is 32.5 Å². The first-order chi connectivity index (χ1) is 8.14. The monoisotopic (exact) mass is 260 g/mol. The molecule has 0 aliphatic carbocycles. The minimum absolute atomic E-state index is 0.478. The van der Waals surface area contributed by atoms with E-state index in [1.54, 1.807) is 7.11 Å². The molecule has 0 amide bonds. The van der Waals surface area contributed by atoms with Gasteiger partial charge < -0.3 is 15.0 Å². The Kier molecular flexibility index (Phi) is 7.51. The molecule has 0 spiro atoms. The molecule has 0 unspecified atom stereocenters. The van der Waals surface area contributed by atoms with Gasteiger partial charge in [0, 0.05) is 30.7 Å². The number of methoxy groups -OCH3 is 1. The van der Waals surface area contributed by atoms with E-state index in [2.05, 4.69) is 35.8 Å². The van der Waals surface area contributed by atoms with Crippen LogP contribution in [0.3, 0.4) is 0 Å². The van der Waals surface area contributed by atoms with Gasteiger partial charge in [-0.2, -0.15) is 11.8 Å². The van der Waals surface area contributed by atoms with Crippen LogP contribution in [-0.4, -0.2) is 61.8 Å². The van der Waals surface area contributed by atoms with Crippen LogP contribution < -0.4 is 5.32 Å². The fraction of sp³-hybridized carbons (Fsp3) is 1.00. The number of ether oxygens (including phenoxy) is 1. The first kappa shape index (κ1) is 15.3. The van der Waals surface area contributed by atoms with Crippen LogP contribution >= 0.6 is 11.8 Å². The van der Waals surface area contributed by atoms with Gasteiger partial charge in [-0.15, -0.1) is 0 Å². The van der Waals surface area contributed by atoms with Crippen LogP contribution in [-0.2, 0) is 4.74 Å². The molecule has 17 heavy (non-hydrogen) atoms. The van der Waals surface area contributed by atoms with E-state index < -0.39 is 0 Å². The van der Waals surface area contributed by atoms with Crippen LogP contribution in [0.1, 0.15) is 26.7 Å². The Morgan fingerprint density at radius 3 is 2.88 bits per heavy atom. The Bertz CT molecular complexity index is 200. The van der Waals surface area contributed by atoms with Crippen molar-refractivity contribution in [3.05, 3.63) is 0 Å². The highest BCUT2D eigenvalue weighted by Gasteiger charge is 2.23. The van der Waals surface area contributed by atoms with E-state index >= 15 is 0 Å². The maximum Gasteiger partial charge on any atom is 0.0587 e. The Morgan fingerprint density at radius 2 is 2.12 bits per heavy atom. The lowest BCUT2D eigenvalue weighted by molar-refractivity contribution is 0.198. The van der Waals surface area contributed by atoms with Crippen molar-refractivity contribution in [1.29, 1.82) is 0 Å². The van der Waals surface area contributed by atoms with Gasteiger partial charge in [0.2, 0.25) is 0 Å². The summed E-state index contributed by atoms with van der Waals surface area (Å²) in [6, 6.07) is 0. The first-order valence-electron chi connectivity index (χ1n) is 6.70. The topological polar surface area (TPSA) is 24.5 Å². The molecular weight excluding hydrogens is 232 g/mol. The van der Waals surface area contributed by atoms with Gasteiger partial charge in [-0.25, -0.2) is 0 Å². The molecule has 0 aromatic carbocycles. The summed E-state index contributed by atoms with van der Waals surface area (Å²) in [5.74, 6) is 1.28. The third kappa shape index (κ3) is 7.29. The average molecular weight is 260 g/mol. The van der Waals surface area contributed by atoms with Gasteiger partial charge in [0.1, 0.15) is 0 Å². The molecule has 1 heterocycles. The zero-order valence-corrected chi connectivity index (χ0v) is 12.4. The maximum atomic E-state index is 5.00. The molecule has 0 atom stereocenters. The van der Waals surface area contributed by atoms with E-state index in [-0.39, 0.29) is 0 Å². The Labute approximate surface area is 111 Å². The summed E-state index contributed by atoms with van der Waals surface area (Å²) in [7, 11) is 1.75. The van der Waals surface area contributed by atoms with Gasteiger partial charge in [0.05, 0.1) is 6.61 Å². The smallest absolute Gasteiger partial charge is 0.0587 e. The molecule has 1 fully saturated rings. The second-order valence-electron chi connectivity index (χ2n) is 5.30. The summed E-state index contributed by atoms with van der Waals surface area (Å²) < 4.78 is 5.48. The van der Waals surface area contributed by atoms with Crippen molar-refractivity contribution in [1.82, 2.24) is 10.2 Å². The van der Waals surface area contributed by atoms with E-state index in [0.29, 0.717) is 4.75 Å². The van der Waals surface area contributed by atoms with Crippen LogP contribution in [0.15, 0.2) is 0 Å². The van der Waals surface area contributed by atoms with E-state index in [4.69, 9.17) is 4.74 Å². The van der Waals surface area contributed by atoms with Crippen molar-refractivity contribution in [2.75, 3.05) is 52.2 Å². The lowest BCUT2D eigenvalue weighted by Gasteiger charge is -2.22. The molecule has 1 aliphatic heterocycles. The molecular formula is C13H28N2OS. The standard InChI is InChI=1S/C13H28N2OS/c1-13(2)5-9-15(10-12-17-13)8-4-6-14-7-11-16-3/h14H,4-12H2,1-3H3. The molecule has 0 radical (unpaired) electrons. The second-order valence-corrected chi connectivity index (χ2v) is 7.10. The highest BCUT2D eigenvalue weighted by atomic mass is 32.2. The Balaban J connectivity index is 2.03. The van der Waals surface area contributed by atoms with E-state index in [9.17, 15) is 0 Å². The zero-order chi connectivity index (χ0) is 12.6. The van der Waals surface area contributed by atoms with Crippen molar-refractivity contribution in [3.63, 3.8) is 0 Å². The molecule has 0 saturated carbocycles. The summed E-state index contributed by atoms with van der Waals surface area (Å²) in [6.45, 7) is 11.4. The molecule has 0 aromatic rings. The van der Waals surface area contributed by atoms with Crippen LogP contribution in [0.2, 0.25) is 0 Å². The fourth-order valence-corrected chi connectivity index (χ4v) is 3.15. The minimum atomic E-state index is 0.478. The summed E-state index contributed by atoms with van der Waals surface area (Å²) in [5.41, 5.74) is 0. The molecule has 0 bridgehead atoms. The molecule has 1 saturated heterocycles. The normalized spacial score (nSPS) is 21.4.